The fourth-order valence-corrected chi connectivity index (χ4v) is 4.86. The van der Waals surface area contributed by atoms with Crippen LogP contribution in [0, 0.1) is 6.92 Å². The van der Waals surface area contributed by atoms with Crippen molar-refractivity contribution in [1.29, 1.82) is 0 Å². The van der Waals surface area contributed by atoms with Gasteiger partial charge in [0.25, 0.3) is 5.56 Å². The van der Waals surface area contributed by atoms with Crippen molar-refractivity contribution in [3.63, 3.8) is 0 Å². The van der Waals surface area contributed by atoms with Gasteiger partial charge < -0.3 is 9.64 Å². The van der Waals surface area contributed by atoms with Crippen molar-refractivity contribution in [2.45, 2.75) is 45.9 Å². The second kappa shape index (κ2) is 11.3. The number of hydrogen-bond donors (Lipinski definition) is 1. The topological polar surface area (TPSA) is 84.4 Å². The molecule has 0 aliphatic rings. The van der Waals surface area contributed by atoms with E-state index in [9.17, 15) is 14.4 Å². The SMILES string of the molecule is Cc1ccccc1CN(C(=O)n1[nH]c2c(C(=O)OC(c3ccccc3)c3ccccc3)cccc2c1=O)C(C)(C)C. The van der Waals surface area contributed by atoms with Crippen LogP contribution in [0.2, 0.25) is 0 Å². The van der Waals surface area contributed by atoms with Crippen LogP contribution >= 0.6 is 0 Å². The summed E-state index contributed by atoms with van der Waals surface area (Å²) in [4.78, 5) is 42.6. The summed E-state index contributed by atoms with van der Waals surface area (Å²) in [6.45, 7) is 8.08. The smallest absolute Gasteiger partial charge is 0.346 e. The molecule has 0 unspecified atom stereocenters. The highest BCUT2D eigenvalue weighted by molar-refractivity contribution is 6.03. The first-order valence-electron chi connectivity index (χ1n) is 13.6. The van der Waals surface area contributed by atoms with Gasteiger partial charge in [0, 0.05) is 12.1 Å². The summed E-state index contributed by atoms with van der Waals surface area (Å²) in [6.07, 6.45) is -0.652. The maximum Gasteiger partial charge on any atom is 0.346 e. The number of aryl methyl sites for hydroxylation is 1. The number of nitrogens with one attached hydrogen (secondary N) is 1. The highest BCUT2D eigenvalue weighted by Gasteiger charge is 2.31. The molecule has 1 amide bonds. The van der Waals surface area contributed by atoms with E-state index in [4.69, 9.17) is 4.74 Å². The Labute approximate surface area is 239 Å². The molecular weight excluding hydrogens is 514 g/mol. The molecule has 0 radical (unpaired) electrons. The maximum atomic E-state index is 13.9. The summed E-state index contributed by atoms with van der Waals surface area (Å²) in [7, 11) is 0. The van der Waals surface area contributed by atoms with Gasteiger partial charge in [-0.15, -0.1) is 0 Å². The number of esters is 1. The Morgan fingerprint density at radius 1 is 0.829 bits per heavy atom. The third-order valence-corrected chi connectivity index (χ3v) is 7.19. The number of carbonyl (C=O) groups excluding carboxylic acids is 2. The van der Waals surface area contributed by atoms with Gasteiger partial charge in [0.1, 0.15) is 0 Å². The number of amides is 1. The molecule has 1 N–H and O–H groups in total. The van der Waals surface area contributed by atoms with Crippen molar-refractivity contribution in [2.24, 2.45) is 0 Å². The van der Waals surface area contributed by atoms with E-state index >= 15 is 0 Å². The monoisotopic (exact) mass is 547 g/mol. The highest BCUT2D eigenvalue weighted by Crippen LogP contribution is 2.28. The molecule has 0 atom stereocenters. The van der Waals surface area contributed by atoms with Crippen LogP contribution in [0.15, 0.2) is 108 Å². The van der Waals surface area contributed by atoms with E-state index in [1.165, 1.54) is 0 Å². The number of nitrogens with zero attached hydrogens (tertiary/aromatic N) is 2. The lowest BCUT2D eigenvalue weighted by atomic mass is 10.0. The van der Waals surface area contributed by atoms with E-state index in [1.807, 2.05) is 113 Å². The lowest BCUT2D eigenvalue weighted by Crippen LogP contribution is -2.49. The normalized spacial score (nSPS) is 11.5. The first-order chi connectivity index (χ1) is 19.6. The Bertz CT molecular complexity index is 1710. The number of fused-ring (bicyclic) bond motifs is 1. The van der Waals surface area contributed by atoms with Crippen molar-refractivity contribution in [3.8, 4) is 0 Å². The standard InChI is InChI=1S/C34H33N3O4/c1-23-14-11-12-19-26(23)22-36(34(2,3)4)33(40)37-31(38)27-20-13-21-28(29(27)35-37)32(39)41-30(24-15-7-5-8-16-24)25-17-9-6-10-18-25/h5-21,30,35H,22H2,1-4H3. The van der Waals surface area contributed by atoms with E-state index < -0.39 is 29.2 Å². The number of ether oxygens (including phenoxy) is 1. The predicted molar refractivity (Wildman–Crippen MR) is 160 cm³/mol. The quantitative estimate of drug-likeness (QED) is 0.236. The van der Waals surface area contributed by atoms with E-state index in [-0.39, 0.29) is 16.5 Å². The zero-order valence-electron chi connectivity index (χ0n) is 23.6. The van der Waals surface area contributed by atoms with Gasteiger partial charge in [-0.25, -0.2) is 9.59 Å². The number of rotatable bonds is 6. The molecule has 0 bridgehead atoms. The highest BCUT2D eigenvalue weighted by atomic mass is 16.5. The first kappa shape index (κ1) is 27.6. The van der Waals surface area contributed by atoms with Gasteiger partial charge >= 0.3 is 12.0 Å². The molecule has 41 heavy (non-hydrogen) atoms. The van der Waals surface area contributed by atoms with Crippen LogP contribution in [-0.4, -0.2) is 32.2 Å². The van der Waals surface area contributed by atoms with Crippen LogP contribution in [-0.2, 0) is 11.3 Å². The molecule has 5 aromatic rings. The Hall–Kier alpha value is -4.91. The van der Waals surface area contributed by atoms with Gasteiger partial charge in [-0.1, -0.05) is 91.0 Å². The van der Waals surface area contributed by atoms with Gasteiger partial charge in [-0.05, 0) is 62.1 Å². The van der Waals surface area contributed by atoms with Crippen molar-refractivity contribution in [2.75, 3.05) is 0 Å². The Morgan fingerprint density at radius 3 is 2.00 bits per heavy atom. The largest absolute Gasteiger partial charge is 0.449 e. The average Bonchev–Trinajstić information content (AvgIpc) is 3.31. The number of hydrogen-bond acceptors (Lipinski definition) is 4. The average molecular weight is 548 g/mol. The molecule has 0 fully saturated rings. The first-order valence-corrected chi connectivity index (χ1v) is 13.6. The van der Waals surface area contributed by atoms with Crippen LogP contribution in [0.5, 0.6) is 0 Å². The zero-order chi connectivity index (χ0) is 29.1. The second-order valence-electron chi connectivity index (χ2n) is 11.1. The molecule has 4 aromatic carbocycles. The van der Waals surface area contributed by atoms with E-state index in [2.05, 4.69) is 5.10 Å². The molecule has 5 rings (SSSR count). The molecule has 208 valence electrons. The van der Waals surface area contributed by atoms with Crippen LogP contribution in [0.1, 0.15) is 59.5 Å². The molecule has 1 heterocycles. The Balaban J connectivity index is 1.52. The number of carbonyl (C=O) groups is 2. The van der Waals surface area contributed by atoms with Gasteiger partial charge in [0.15, 0.2) is 6.10 Å². The van der Waals surface area contributed by atoms with E-state index in [1.54, 1.807) is 23.1 Å². The maximum absolute atomic E-state index is 13.9. The fourth-order valence-electron chi connectivity index (χ4n) is 4.86. The van der Waals surface area contributed by atoms with Crippen LogP contribution in [0.25, 0.3) is 10.9 Å². The number of H-pyrrole nitrogens is 1. The van der Waals surface area contributed by atoms with Gasteiger partial charge in [-0.2, -0.15) is 4.68 Å². The molecule has 1 aromatic heterocycles. The molecular formula is C34H33N3O4. The van der Waals surface area contributed by atoms with Crippen molar-refractivity contribution in [3.05, 3.63) is 141 Å². The lowest BCUT2D eigenvalue weighted by Gasteiger charge is -2.35. The summed E-state index contributed by atoms with van der Waals surface area (Å²) in [6, 6.07) is 31.1. The van der Waals surface area contributed by atoms with Crippen molar-refractivity contribution >= 4 is 22.9 Å². The number of para-hydroxylation sites is 1. The summed E-state index contributed by atoms with van der Waals surface area (Å²) >= 11 is 0. The van der Waals surface area contributed by atoms with Crippen LogP contribution in [0.4, 0.5) is 4.79 Å². The fraction of sp³-hybridized carbons (Fsp3) is 0.206. The number of aromatic amines is 1. The Kier molecular flexibility index (Phi) is 7.62. The molecule has 0 spiro atoms. The molecule has 7 heteroatoms. The third kappa shape index (κ3) is 5.70. The Morgan fingerprint density at radius 2 is 1.41 bits per heavy atom. The third-order valence-electron chi connectivity index (χ3n) is 7.19. The number of aromatic nitrogens is 2. The minimum absolute atomic E-state index is 0.171. The minimum Gasteiger partial charge on any atom is -0.449 e. The summed E-state index contributed by atoms with van der Waals surface area (Å²) in [5.74, 6) is -0.609. The minimum atomic E-state index is -0.652. The molecule has 0 aliphatic heterocycles. The molecule has 0 saturated carbocycles. The molecule has 0 saturated heterocycles. The summed E-state index contributed by atoms with van der Waals surface area (Å²) in [5.41, 5.74) is 2.98. The van der Waals surface area contributed by atoms with Gasteiger partial charge in [0.2, 0.25) is 0 Å². The zero-order valence-corrected chi connectivity index (χ0v) is 23.6. The summed E-state index contributed by atoms with van der Waals surface area (Å²) < 4.78 is 7.04. The second-order valence-corrected chi connectivity index (χ2v) is 11.1. The summed E-state index contributed by atoms with van der Waals surface area (Å²) in [5, 5.41) is 3.16. The predicted octanol–water partition coefficient (Wildman–Crippen LogP) is 6.85. The van der Waals surface area contributed by atoms with Gasteiger partial charge in [-0.3, -0.25) is 9.89 Å². The van der Waals surface area contributed by atoms with Crippen LogP contribution in [0.3, 0.4) is 0 Å². The molecule has 0 aliphatic carbocycles. The van der Waals surface area contributed by atoms with Crippen molar-refractivity contribution in [1.82, 2.24) is 14.7 Å². The lowest BCUT2D eigenvalue weighted by molar-refractivity contribution is 0.0380. The van der Waals surface area contributed by atoms with Gasteiger partial charge in [0.05, 0.1) is 16.5 Å². The number of benzene rings is 4. The van der Waals surface area contributed by atoms with Crippen LogP contribution < -0.4 is 5.56 Å². The van der Waals surface area contributed by atoms with Crippen molar-refractivity contribution < 1.29 is 14.3 Å². The van der Waals surface area contributed by atoms with E-state index in [0.717, 1.165) is 26.9 Å². The van der Waals surface area contributed by atoms with E-state index in [0.29, 0.717) is 6.54 Å². The molecule has 7 nitrogen and oxygen atoms in total.